The van der Waals surface area contributed by atoms with E-state index in [1.165, 1.54) is 5.56 Å². The van der Waals surface area contributed by atoms with Crippen molar-refractivity contribution in [2.75, 3.05) is 26.7 Å². The minimum absolute atomic E-state index is 0. The first-order valence-corrected chi connectivity index (χ1v) is 9.41. The highest BCUT2D eigenvalue weighted by Gasteiger charge is 2.21. The molecular weight excluding hydrogens is 453 g/mol. The van der Waals surface area contributed by atoms with Gasteiger partial charge >= 0.3 is 0 Å². The summed E-state index contributed by atoms with van der Waals surface area (Å²) in [5.41, 5.74) is 2.41. The smallest absolute Gasteiger partial charge is 0.193 e. The van der Waals surface area contributed by atoms with Crippen LogP contribution in [0.3, 0.4) is 0 Å². The lowest BCUT2D eigenvalue weighted by atomic mass is 10.1. The molecule has 1 aromatic carbocycles. The van der Waals surface area contributed by atoms with Crippen LogP contribution in [0.15, 0.2) is 47.7 Å². The summed E-state index contributed by atoms with van der Waals surface area (Å²) in [6, 6.07) is 10.4. The van der Waals surface area contributed by atoms with Gasteiger partial charge in [0.15, 0.2) is 5.96 Å². The van der Waals surface area contributed by atoms with Gasteiger partial charge in [0.05, 0.1) is 18.8 Å². The Morgan fingerprint density at radius 1 is 1.22 bits per heavy atom. The second-order valence-electron chi connectivity index (χ2n) is 6.57. The van der Waals surface area contributed by atoms with Crippen molar-refractivity contribution in [3.05, 3.63) is 53.9 Å². The molecule has 2 heterocycles. The minimum atomic E-state index is 0. The van der Waals surface area contributed by atoms with Gasteiger partial charge in [-0.25, -0.2) is 0 Å². The monoisotopic (exact) mass is 483 g/mol. The highest BCUT2D eigenvalue weighted by molar-refractivity contribution is 14.0. The summed E-state index contributed by atoms with van der Waals surface area (Å²) in [6.45, 7) is 6.35. The SMILES string of the molecule is CCOC1CCN(C(=NC)NCc2cnn(Cc3ccccc3)c2)CC1.I. The molecule has 1 aliphatic rings. The summed E-state index contributed by atoms with van der Waals surface area (Å²) < 4.78 is 7.70. The summed E-state index contributed by atoms with van der Waals surface area (Å²) in [4.78, 5) is 6.75. The number of benzene rings is 1. The Balaban J connectivity index is 0.00000261. The molecule has 0 amide bonds. The number of hydrogen-bond donors (Lipinski definition) is 1. The molecule has 2 aromatic rings. The molecule has 3 rings (SSSR count). The Labute approximate surface area is 179 Å². The molecule has 1 aliphatic heterocycles. The molecule has 148 valence electrons. The average Bonchev–Trinajstić information content (AvgIpc) is 3.12. The van der Waals surface area contributed by atoms with Crippen LogP contribution in [0, 0.1) is 0 Å². The second kappa shape index (κ2) is 11.3. The molecule has 1 fully saturated rings. The van der Waals surface area contributed by atoms with Crippen molar-refractivity contribution in [1.29, 1.82) is 0 Å². The molecule has 6 nitrogen and oxygen atoms in total. The van der Waals surface area contributed by atoms with Gasteiger partial charge in [0.2, 0.25) is 0 Å². The molecule has 0 bridgehead atoms. The van der Waals surface area contributed by atoms with E-state index >= 15 is 0 Å². The maximum absolute atomic E-state index is 5.73. The van der Waals surface area contributed by atoms with E-state index in [0.717, 1.165) is 57.2 Å². The third-order valence-electron chi connectivity index (χ3n) is 4.68. The number of guanidine groups is 1. The van der Waals surface area contributed by atoms with Gasteiger partial charge < -0.3 is 15.0 Å². The highest BCUT2D eigenvalue weighted by Crippen LogP contribution is 2.14. The molecule has 27 heavy (non-hydrogen) atoms. The summed E-state index contributed by atoms with van der Waals surface area (Å²) in [5, 5.41) is 7.93. The fourth-order valence-electron chi connectivity index (χ4n) is 3.34. The van der Waals surface area contributed by atoms with Gasteiger partial charge in [-0.3, -0.25) is 9.67 Å². The third-order valence-corrected chi connectivity index (χ3v) is 4.68. The first-order chi connectivity index (χ1) is 12.8. The molecule has 1 saturated heterocycles. The molecule has 0 radical (unpaired) electrons. The van der Waals surface area contributed by atoms with E-state index in [1.54, 1.807) is 0 Å². The fourth-order valence-corrected chi connectivity index (χ4v) is 3.34. The lowest BCUT2D eigenvalue weighted by molar-refractivity contribution is 0.0263. The topological polar surface area (TPSA) is 54.7 Å². The summed E-state index contributed by atoms with van der Waals surface area (Å²) in [5.74, 6) is 0.954. The zero-order chi connectivity index (χ0) is 18.2. The van der Waals surface area contributed by atoms with Crippen molar-refractivity contribution in [3.63, 3.8) is 0 Å². The molecule has 1 N–H and O–H groups in total. The lowest BCUT2D eigenvalue weighted by Gasteiger charge is -2.34. The van der Waals surface area contributed by atoms with E-state index in [1.807, 2.05) is 24.0 Å². The van der Waals surface area contributed by atoms with Crippen LogP contribution in [-0.4, -0.2) is 53.5 Å². The number of ether oxygens (including phenoxy) is 1. The molecule has 0 aliphatic carbocycles. The fraction of sp³-hybridized carbons (Fsp3) is 0.500. The van der Waals surface area contributed by atoms with Crippen LogP contribution in [0.2, 0.25) is 0 Å². The van der Waals surface area contributed by atoms with E-state index in [4.69, 9.17) is 4.74 Å². The maximum atomic E-state index is 5.73. The van der Waals surface area contributed by atoms with Crippen molar-refractivity contribution in [3.8, 4) is 0 Å². The molecule has 0 unspecified atom stereocenters. The third kappa shape index (κ3) is 6.49. The van der Waals surface area contributed by atoms with Gasteiger partial charge in [0.1, 0.15) is 0 Å². The van der Waals surface area contributed by atoms with Gasteiger partial charge in [0, 0.05) is 45.0 Å². The van der Waals surface area contributed by atoms with E-state index < -0.39 is 0 Å². The summed E-state index contributed by atoms with van der Waals surface area (Å²) in [7, 11) is 1.84. The standard InChI is InChI=1S/C20H29N5O.HI/c1-3-26-19-9-11-24(12-10-19)20(21-2)22-13-18-14-23-25(16-18)15-17-7-5-4-6-8-17;/h4-8,14,16,19H,3,9-13,15H2,1-2H3,(H,21,22);1H. The Hall–Kier alpha value is -1.61. The Morgan fingerprint density at radius 3 is 2.63 bits per heavy atom. The van der Waals surface area contributed by atoms with Crippen LogP contribution >= 0.6 is 24.0 Å². The van der Waals surface area contributed by atoms with Gasteiger partial charge in [-0.2, -0.15) is 5.10 Å². The number of halogens is 1. The zero-order valence-electron chi connectivity index (χ0n) is 16.2. The number of aliphatic imine (C=N–C) groups is 1. The zero-order valence-corrected chi connectivity index (χ0v) is 18.5. The van der Waals surface area contributed by atoms with Gasteiger partial charge in [-0.05, 0) is 25.3 Å². The predicted molar refractivity (Wildman–Crippen MR) is 120 cm³/mol. The number of nitrogens with one attached hydrogen (secondary N) is 1. The van der Waals surface area contributed by atoms with Gasteiger partial charge in [0.25, 0.3) is 0 Å². The molecule has 1 aromatic heterocycles. The summed E-state index contributed by atoms with van der Waals surface area (Å²) >= 11 is 0. The molecule has 0 atom stereocenters. The molecule has 0 saturated carbocycles. The Kier molecular flexibility index (Phi) is 9.06. The van der Waals surface area contributed by atoms with Crippen LogP contribution in [0.4, 0.5) is 0 Å². The van der Waals surface area contributed by atoms with Crippen LogP contribution in [-0.2, 0) is 17.8 Å². The van der Waals surface area contributed by atoms with E-state index in [-0.39, 0.29) is 24.0 Å². The number of nitrogens with zero attached hydrogens (tertiary/aromatic N) is 4. The van der Waals surface area contributed by atoms with Crippen LogP contribution in [0.5, 0.6) is 0 Å². The lowest BCUT2D eigenvalue weighted by Crippen LogP contribution is -2.46. The number of piperidine rings is 1. The normalized spacial score (nSPS) is 15.5. The highest BCUT2D eigenvalue weighted by atomic mass is 127. The first-order valence-electron chi connectivity index (χ1n) is 9.41. The van der Waals surface area contributed by atoms with Crippen molar-refractivity contribution < 1.29 is 4.74 Å². The van der Waals surface area contributed by atoms with E-state index in [9.17, 15) is 0 Å². The maximum Gasteiger partial charge on any atom is 0.193 e. The predicted octanol–water partition coefficient (Wildman–Crippen LogP) is 3.13. The quantitative estimate of drug-likeness (QED) is 0.390. The van der Waals surface area contributed by atoms with Gasteiger partial charge in [-0.15, -0.1) is 24.0 Å². The average molecular weight is 483 g/mol. The van der Waals surface area contributed by atoms with Gasteiger partial charge in [-0.1, -0.05) is 30.3 Å². The Morgan fingerprint density at radius 2 is 1.96 bits per heavy atom. The Bertz CT molecular complexity index is 695. The van der Waals surface area contributed by atoms with Crippen molar-refractivity contribution in [2.45, 2.75) is 39.0 Å². The molecule has 7 heteroatoms. The molecule has 0 spiro atoms. The van der Waals surface area contributed by atoms with Crippen molar-refractivity contribution in [2.24, 2.45) is 4.99 Å². The minimum Gasteiger partial charge on any atom is -0.378 e. The number of likely N-dealkylation sites (tertiary alicyclic amines) is 1. The molecular formula is C20H30IN5O. The number of hydrogen-bond acceptors (Lipinski definition) is 3. The van der Waals surface area contributed by atoms with Crippen molar-refractivity contribution in [1.82, 2.24) is 20.0 Å². The van der Waals surface area contributed by atoms with E-state index in [0.29, 0.717) is 6.10 Å². The summed E-state index contributed by atoms with van der Waals surface area (Å²) in [6.07, 6.45) is 6.53. The number of aromatic nitrogens is 2. The second-order valence-corrected chi connectivity index (χ2v) is 6.57. The van der Waals surface area contributed by atoms with E-state index in [2.05, 4.69) is 57.7 Å². The van der Waals surface area contributed by atoms with Crippen molar-refractivity contribution >= 4 is 29.9 Å². The first kappa shape index (κ1) is 21.7. The van der Waals surface area contributed by atoms with Crippen LogP contribution < -0.4 is 5.32 Å². The van der Waals surface area contributed by atoms with Crippen LogP contribution in [0.25, 0.3) is 0 Å². The number of rotatable bonds is 6. The van der Waals surface area contributed by atoms with Crippen LogP contribution in [0.1, 0.15) is 30.9 Å². The largest absolute Gasteiger partial charge is 0.378 e.